The summed E-state index contributed by atoms with van der Waals surface area (Å²) in [7, 11) is 0. The molecule has 0 aliphatic rings. The lowest BCUT2D eigenvalue weighted by Crippen LogP contribution is -2.42. The van der Waals surface area contributed by atoms with E-state index < -0.39 is 17.4 Å². The Morgan fingerprint density at radius 1 is 1.33 bits per heavy atom. The molecule has 0 saturated carbocycles. The van der Waals surface area contributed by atoms with Crippen molar-refractivity contribution in [1.29, 1.82) is 0 Å². The highest BCUT2D eigenvalue weighted by Gasteiger charge is 2.31. The Balaban J connectivity index is 2.73. The topological polar surface area (TPSA) is 78.4 Å². The molecule has 1 unspecified atom stereocenters. The average Bonchev–Trinajstić information content (AvgIpc) is 2.39. The van der Waals surface area contributed by atoms with Crippen molar-refractivity contribution in [2.45, 2.75) is 34.1 Å². The summed E-state index contributed by atoms with van der Waals surface area (Å²) in [4.78, 5) is 23.1. The smallest absolute Gasteiger partial charge is 0.319 e. The third kappa shape index (κ3) is 4.46. The molecule has 3 N–H and O–H groups in total. The van der Waals surface area contributed by atoms with Gasteiger partial charge in [-0.15, -0.1) is 0 Å². The fourth-order valence-corrected chi connectivity index (χ4v) is 2.63. The maximum Gasteiger partial charge on any atom is 0.319 e. The summed E-state index contributed by atoms with van der Waals surface area (Å²) >= 11 is 3.42. The van der Waals surface area contributed by atoms with Gasteiger partial charge in [-0.25, -0.2) is 4.79 Å². The molecule has 0 aromatic heterocycles. The van der Waals surface area contributed by atoms with Gasteiger partial charge in [0, 0.05) is 11.0 Å². The minimum Gasteiger partial charge on any atom is -0.481 e. The standard InChI is InChI=1S/C15H21BrN2O3/c1-5-15(4,13(19)20)8-17-14(21)18-12-10(3)6-9(2)7-11(12)16/h6-7H,5,8H2,1-4H3,(H,19,20)(H2,17,18,21). The van der Waals surface area contributed by atoms with E-state index in [-0.39, 0.29) is 6.54 Å². The lowest BCUT2D eigenvalue weighted by molar-refractivity contribution is -0.147. The van der Waals surface area contributed by atoms with E-state index >= 15 is 0 Å². The molecule has 1 atom stereocenters. The van der Waals surface area contributed by atoms with Gasteiger partial charge in [-0.1, -0.05) is 13.0 Å². The second kappa shape index (κ2) is 6.93. The lowest BCUT2D eigenvalue weighted by atomic mass is 9.88. The number of carboxylic acid groups (broad SMARTS) is 1. The van der Waals surface area contributed by atoms with Crippen LogP contribution in [0.5, 0.6) is 0 Å². The van der Waals surface area contributed by atoms with Crippen LogP contribution in [-0.2, 0) is 4.79 Å². The highest BCUT2D eigenvalue weighted by molar-refractivity contribution is 9.10. The largest absolute Gasteiger partial charge is 0.481 e. The summed E-state index contributed by atoms with van der Waals surface area (Å²) in [5.74, 6) is -0.919. The molecule has 0 fully saturated rings. The van der Waals surface area contributed by atoms with Crippen LogP contribution in [0.1, 0.15) is 31.4 Å². The lowest BCUT2D eigenvalue weighted by Gasteiger charge is -2.23. The van der Waals surface area contributed by atoms with Crippen LogP contribution in [0.25, 0.3) is 0 Å². The van der Waals surface area contributed by atoms with Crippen molar-refractivity contribution in [2.75, 3.05) is 11.9 Å². The monoisotopic (exact) mass is 356 g/mol. The van der Waals surface area contributed by atoms with E-state index in [9.17, 15) is 14.7 Å². The Morgan fingerprint density at radius 2 is 1.95 bits per heavy atom. The van der Waals surface area contributed by atoms with E-state index in [1.54, 1.807) is 13.8 Å². The predicted molar refractivity (Wildman–Crippen MR) is 86.7 cm³/mol. The number of rotatable bonds is 5. The Labute approximate surface area is 133 Å². The Morgan fingerprint density at radius 3 is 2.43 bits per heavy atom. The van der Waals surface area contributed by atoms with Gasteiger partial charge < -0.3 is 15.7 Å². The molecule has 1 rings (SSSR count). The zero-order valence-electron chi connectivity index (χ0n) is 12.7. The highest BCUT2D eigenvalue weighted by Crippen LogP contribution is 2.27. The SMILES string of the molecule is CCC(C)(CNC(=O)Nc1c(C)cc(C)cc1Br)C(=O)O. The second-order valence-electron chi connectivity index (χ2n) is 5.47. The Hall–Kier alpha value is -1.56. The maximum atomic E-state index is 12.0. The first-order chi connectivity index (χ1) is 9.69. The average molecular weight is 357 g/mol. The fraction of sp³-hybridized carbons (Fsp3) is 0.467. The van der Waals surface area contributed by atoms with Crippen LogP contribution >= 0.6 is 15.9 Å². The minimum absolute atomic E-state index is 0.0766. The summed E-state index contributed by atoms with van der Waals surface area (Å²) in [5.41, 5.74) is 1.76. The molecule has 6 heteroatoms. The van der Waals surface area contributed by atoms with Gasteiger partial charge in [0.05, 0.1) is 11.1 Å². The normalized spacial score (nSPS) is 13.4. The van der Waals surface area contributed by atoms with Crippen molar-refractivity contribution in [3.8, 4) is 0 Å². The van der Waals surface area contributed by atoms with Crippen molar-refractivity contribution < 1.29 is 14.7 Å². The van der Waals surface area contributed by atoms with Gasteiger partial charge in [-0.3, -0.25) is 4.79 Å². The van der Waals surface area contributed by atoms with Crippen molar-refractivity contribution >= 4 is 33.6 Å². The van der Waals surface area contributed by atoms with Gasteiger partial charge in [-0.2, -0.15) is 0 Å². The summed E-state index contributed by atoms with van der Waals surface area (Å²) in [6.07, 6.45) is 0.440. The van der Waals surface area contributed by atoms with Crippen molar-refractivity contribution in [3.05, 3.63) is 27.7 Å². The molecule has 0 aliphatic heterocycles. The van der Waals surface area contributed by atoms with Gasteiger partial charge in [0.25, 0.3) is 0 Å². The van der Waals surface area contributed by atoms with Crippen molar-refractivity contribution in [3.63, 3.8) is 0 Å². The number of carboxylic acids is 1. The molecule has 2 amide bonds. The summed E-state index contributed by atoms with van der Waals surface area (Å²) in [5, 5.41) is 14.5. The molecule has 1 aromatic carbocycles. The van der Waals surface area contributed by atoms with E-state index in [4.69, 9.17) is 0 Å². The van der Waals surface area contributed by atoms with E-state index in [1.165, 1.54) is 0 Å². The van der Waals surface area contributed by atoms with Crippen LogP contribution in [0, 0.1) is 19.3 Å². The Bertz CT molecular complexity index is 537. The molecular formula is C15H21BrN2O3. The van der Waals surface area contributed by atoms with Crippen LogP contribution in [-0.4, -0.2) is 23.7 Å². The minimum atomic E-state index is -0.961. The van der Waals surface area contributed by atoms with E-state index in [2.05, 4.69) is 26.6 Å². The van der Waals surface area contributed by atoms with Gasteiger partial charge in [0.1, 0.15) is 0 Å². The molecule has 0 saturated heterocycles. The van der Waals surface area contributed by atoms with Crippen LogP contribution in [0.2, 0.25) is 0 Å². The first-order valence-electron chi connectivity index (χ1n) is 6.74. The molecule has 1 aromatic rings. The molecule has 0 heterocycles. The third-order valence-electron chi connectivity index (χ3n) is 3.61. The number of aryl methyl sites for hydroxylation is 2. The number of benzene rings is 1. The number of carbonyl (C=O) groups is 2. The van der Waals surface area contributed by atoms with E-state index in [1.807, 2.05) is 26.0 Å². The number of hydrogen-bond donors (Lipinski definition) is 3. The quantitative estimate of drug-likeness (QED) is 0.752. The molecule has 0 aliphatic carbocycles. The highest BCUT2D eigenvalue weighted by atomic mass is 79.9. The first kappa shape index (κ1) is 17.5. The van der Waals surface area contributed by atoms with Crippen LogP contribution in [0.4, 0.5) is 10.5 Å². The number of amides is 2. The zero-order valence-corrected chi connectivity index (χ0v) is 14.3. The van der Waals surface area contributed by atoms with Crippen LogP contribution in [0.15, 0.2) is 16.6 Å². The first-order valence-corrected chi connectivity index (χ1v) is 7.54. The summed E-state index contributed by atoms with van der Waals surface area (Å²) < 4.78 is 0.798. The Kier molecular flexibility index (Phi) is 5.78. The summed E-state index contributed by atoms with van der Waals surface area (Å²) in [6, 6.07) is 3.47. The number of carbonyl (C=O) groups excluding carboxylic acids is 1. The molecule has 0 bridgehead atoms. The molecule has 21 heavy (non-hydrogen) atoms. The number of halogens is 1. The fourth-order valence-electron chi connectivity index (χ4n) is 1.86. The molecule has 5 nitrogen and oxygen atoms in total. The van der Waals surface area contributed by atoms with Crippen molar-refractivity contribution in [2.24, 2.45) is 5.41 Å². The number of urea groups is 1. The zero-order chi connectivity index (χ0) is 16.2. The molecule has 116 valence electrons. The van der Waals surface area contributed by atoms with E-state index in [0.29, 0.717) is 12.1 Å². The van der Waals surface area contributed by atoms with Gasteiger partial charge >= 0.3 is 12.0 Å². The van der Waals surface area contributed by atoms with Gasteiger partial charge in [0.2, 0.25) is 0 Å². The maximum absolute atomic E-state index is 12.0. The third-order valence-corrected chi connectivity index (χ3v) is 4.23. The predicted octanol–water partition coefficient (Wildman–Crippen LogP) is 3.69. The van der Waals surface area contributed by atoms with Crippen molar-refractivity contribution in [1.82, 2.24) is 5.32 Å². The molecule has 0 radical (unpaired) electrons. The van der Waals surface area contributed by atoms with Crippen LogP contribution < -0.4 is 10.6 Å². The van der Waals surface area contributed by atoms with Gasteiger partial charge in [-0.05, 0) is 60.3 Å². The second-order valence-corrected chi connectivity index (χ2v) is 6.32. The number of hydrogen-bond acceptors (Lipinski definition) is 2. The number of anilines is 1. The molecule has 0 spiro atoms. The van der Waals surface area contributed by atoms with Gasteiger partial charge in [0.15, 0.2) is 0 Å². The molecular weight excluding hydrogens is 336 g/mol. The van der Waals surface area contributed by atoms with E-state index in [0.717, 1.165) is 15.6 Å². The van der Waals surface area contributed by atoms with Crippen LogP contribution in [0.3, 0.4) is 0 Å². The number of nitrogens with one attached hydrogen (secondary N) is 2. The number of aliphatic carboxylic acids is 1. The summed E-state index contributed by atoms with van der Waals surface area (Å²) in [6.45, 7) is 7.35.